The van der Waals surface area contributed by atoms with Gasteiger partial charge in [-0.15, -0.1) is 0 Å². The second kappa shape index (κ2) is 276. The summed E-state index contributed by atoms with van der Waals surface area (Å²) in [7, 11) is 0. The molecule has 13 heteroatoms. The molecule has 0 spiro atoms. The van der Waals surface area contributed by atoms with Crippen LogP contribution in [0.25, 0.3) is 0 Å². The topological polar surface area (TPSA) is 256 Å². The molecule has 0 saturated carbocycles. The molecule has 0 aromatic carbocycles. The first kappa shape index (κ1) is 336. The fourth-order valence-electron chi connectivity index (χ4n) is 0. The van der Waals surface area contributed by atoms with Crippen molar-refractivity contribution in [1.29, 1.82) is 0 Å². The third-order valence-electron chi connectivity index (χ3n) is 0. The van der Waals surface area contributed by atoms with Gasteiger partial charge in [-0.1, -0.05) is 0 Å². The molecule has 0 atom stereocenters. The Labute approximate surface area is 160 Å². The minimum absolute atomic E-state index is 0. The van der Waals surface area contributed by atoms with E-state index in [0.29, 0.717) is 0 Å². The van der Waals surface area contributed by atoms with Crippen LogP contribution in [0.4, 0.5) is 0 Å². The molecular weight excluding hydrogens is 614 g/mol. The standard InChI is InChI=1S/2La.2Mo.9O/q2*+3;2*+6;9*-2. The average Bonchev–Trinajstić information content (AvgIpc) is 0. The molecule has 0 heterocycles. The maximum Gasteiger partial charge on any atom is 6.00 e. The predicted molar refractivity (Wildman–Crippen MR) is 6.18 cm³/mol. The zero-order valence-electron chi connectivity index (χ0n) is 5.65. The summed E-state index contributed by atoms with van der Waals surface area (Å²) in [6.07, 6.45) is 0. The van der Waals surface area contributed by atoms with E-state index in [9.17, 15) is 0 Å². The Bertz CT molecular complexity index is 15.6. The molecule has 13 heavy (non-hydrogen) atoms. The molecule has 0 aromatic heterocycles. The first-order valence-corrected chi connectivity index (χ1v) is 0. The van der Waals surface area contributed by atoms with Crippen LogP contribution in [-0.4, -0.2) is 0 Å². The van der Waals surface area contributed by atoms with Gasteiger partial charge in [-0.2, -0.15) is 0 Å². The summed E-state index contributed by atoms with van der Waals surface area (Å²) >= 11 is 0. The molecule has 9 nitrogen and oxygen atoms in total. The summed E-state index contributed by atoms with van der Waals surface area (Å²) in [5, 5.41) is 0. The molecule has 0 rings (SSSR count). The summed E-state index contributed by atoms with van der Waals surface area (Å²) in [5.41, 5.74) is 0. The normalized spacial score (nSPS) is 0. The molecular formula is La2Mo2O9. The van der Waals surface area contributed by atoms with Crippen molar-refractivity contribution in [2.24, 2.45) is 0 Å². The Hall–Kier alpha value is 3.41. The van der Waals surface area contributed by atoms with E-state index in [-0.39, 0.29) is 163 Å². The van der Waals surface area contributed by atoms with Crippen molar-refractivity contribution >= 4 is 0 Å². The summed E-state index contributed by atoms with van der Waals surface area (Å²) in [6.45, 7) is 0. The minimum Gasteiger partial charge on any atom is -2.00 e. The maximum absolute atomic E-state index is 0. The van der Waals surface area contributed by atoms with E-state index in [2.05, 4.69) is 0 Å². The molecule has 72 valence electrons. The van der Waals surface area contributed by atoms with Crippen LogP contribution in [0.5, 0.6) is 0 Å². The Balaban J connectivity index is 0. The van der Waals surface area contributed by atoms with Gasteiger partial charge in [0.25, 0.3) is 0 Å². The molecule has 0 saturated heterocycles. The Morgan fingerprint density at radius 1 is 0.231 bits per heavy atom. The Morgan fingerprint density at radius 3 is 0.231 bits per heavy atom. The summed E-state index contributed by atoms with van der Waals surface area (Å²) in [6, 6.07) is 0. The third kappa shape index (κ3) is 239. The van der Waals surface area contributed by atoms with Crippen molar-refractivity contribution in [2.45, 2.75) is 0 Å². The Morgan fingerprint density at radius 2 is 0.231 bits per heavy atom. The largest absolute Gasteiger partial charge is 6.00 e. The molecule has 0 aromatic rings. The van der Waals surface area contributed by atoms with Crippen molar-refractivity contribution in [3.63, 3.8) is 0 Å². The first-order chi connectivity index (χ1) is 0. The van der Waals surface area contributed by atoms with Gasteiger partial charge in [0.2, 0.25) is 0 Å². The Kier molecular flexibility index (Phi) is 7110. The van der Waals surface area contributed by atoms with Crippen LogP contribution in [0, 0.1) is 71.2 Å². The monoisotopic (exact) mass is 618 g/mol. The molecule has 0 radical (unpaired) electrons. The second-order valence-corrected chi connectivity index (χ2v) is 0. The van der Waals surface area contributed by atoms with E-state index >= 15 is 0 Å². The summed E-state index contributed by atoms with van der Waals surface area (Å²) in [4.78, 5) is 0. The number of hydrogen-bond acceptors (Lipinski definition) is 0. The molecule has 0 unspecified atom stereocenters. The van der Waals surface area contributed by atoms with Crippen LogP contribution in [0.15, 0.2) is 0 Å². The molecule has 0 aliphatic carbocycles. The van der Waals surface area contributed by atoms with Crippen molar-refractivity contribution in [2.75, 3.05) is 0 Å². The molecule has 0 N–H and O–H groups in total. The quantitative estimate of drug-likeness (QED) is 0.296. The van der Waals surface area contributed by atoms with Crippen LogP contribution in [0.3, 0.4) is 0 Å². The fourth-order valence-corrected chi connectivity index (χ4v) is 0. The fraction of sp³-hybridized carbons (Fsp3) is 0. The summed E-state index contributed by atoms with van der Waals surface area (Å²) < 4.78 is 0. The van der Waals surface area contributed by atoms with Gasteiger partial charge in [0.15, 0.2) is 0 Å². The first-order valence-electron chi connectivity index (χ1n) is 0. The molecule has 0 fully saturated rings. The zero-order valence-corrected chi connectivity index (χ0v) is 16.9. The van der Waals surface area contributed by atoms with Crippen LogP contribution < -0.4 is 0 Å². The van der Waals surface area contributed by atoms with E-state index in [1.165, 1.54) is 0 Å². The van der Waals surface area contributed by atoms with E-state index in [0.717, 1.165) is 0 Å². The third-order valence-corrected chi connectivity index (χ3v) is 0. The minimum atomic E-state index is 0. The van der Waals surface area contributed by atoms with E-state index in [1.807, 2.05) is 0 Å². The van der Waals surface area contributed by atoms with Gasteiger partial charge in [-0.25, -0.2) is 0 Å². The van der Waals surface area contributed by atoms with Crippen molar-refractivity contribution < 1.29 is 163 Å². The van der Waals surface area contributed by atoms with Gasteiger partial charge >= 0.3 is 113 Å². The summed E-state index contributed by atoms with van der Waals surface area (Å²) in [5.74, 6) is 0. The maximum atomic E-state index is 0. The van der Waals surface area contributed by atoms with Gasteiger partial charge < -0.3 is 49.3 Å². The average molecular weight is 614 g/mol. The van der Waals surface area contributed by atoms with Gasteiger partial charge in [-0.3, -0.25) is 0 Å². The molecule has 0 aliphatic rings. The van der Waals surface area contributed by atoms with E-state index in [1.54, 1.807) is 0 Å². The van der Waals surface area contributed by atoms with Crippen molar-refractivity contribution in [3.8, 4) is 0 Å². The molecule has 0 aliphatic heterocycles. The van der Waals surface area contributed by atoms with Gasteiger partial charge in [0.1, 0.15) is 0 Å². The second-order valence-electron chi connectivity index (χ2n) is 0. The van der Waals surface area contributed by atoms with Crippen LogP contribution in [0.2, 0.25) is 0 Å². The SMILES string of the molecule is [La+3].[La+3].[Mo+6].[Mo+6].[O-2].[O-2].[O-2].[O-2].[O-2].[O-2].[O-2].[O-2].[O-2]. The van der Waals surface area contributed by atoms with Gasteiger partial charge in [0, 0.05) is 0 Å². The molecule has 0 amide bonds. The van der Waals surface area contributed by atoms with E-state index in [4.69, 9.17) is 0 Å². The van der Waals surface area contributed by atoms with Crippen molar-refractivity contribution in [3.05, 3.63) is 0 Å². The number of hydrogen-bond donors (Lipinski definition) is 0. The van der Waals surface area contributed by atoms with Crippen LogP contribution >= 0.6 is 0 Å². The van der Waals surface area contributed by atoms with Gasteiger partial charge in [0.05, 0.1) is 0 Å². The van der Waals surface area contributed by atoms with Crippen LogP contribution in [-0.2, 0) is 91.4 Å². The van der Waals surface area contributed by atoms with Crippen molar-refractivity contribution in [1.82, 2.24) is 0 Å². The molecule has 0 bridgehead atoms. The smallest absolute Gasteiger partial charge is 2.00 e. The van der Waals surface area contributed by atoms with Gasteiger partial charge in [-0.05, 0) is 0 Å². The number of rotatable bonds is 0. The zero-order chi connectivity index (χ0) is 0. The van der Waals surface area contributed by atoms with E-state index < -0.39 is 0 Å². The predicted octanol–water partition coefficient (Wildman–Crippen LogP) is -1.07. The van der Waals surface area contributed by atoms with Crippen LogP contribution in [0.1, 0.15) is 0 Å².